The second-order valence-corrected chi connectivity index (χ2v) is 8.41. The number of carbonyl (C=O) groups excluding carboxylic acids is 2. The van der Waals surface area contributed by atoms with Gasteiger partial charge in [-0.3, -0.25) is 9.88 Å². The maximum absolute atomic E-state index is 12.3. The number of ether oxygens (including phenoxy) is 2. The molecule has 0 radical (unpaired) electrons. The van der Waals surface area contributed by atoms with E-state index in [1.807, 2.05) is 6.07 Å². The SMILES string of the molecule is COC(=O)c1ccc(-n2c(-c3cccnc3N)nc3ccc(NC(=O)OC(C)(C)C)nc32)cc1. The van der Waals surface area contributed by atoms with Gasteiger partial charge in [0, 0.05) is 11.9 Å². The lowest BCUT2D eigenvalue weighted by Crippen LogP contribution is -2.27. The van der Waals surface area contributed by atoms with Crippen molar-refractivity contribution in [3.8, 4) is 17.1 Å². The van der Waals surface area contributed by atoms with E-state index in [1.54, 1.807) is 74.0 Å². The number of benzene rings is 1. The molecule has 0 spiro atoms. The number of aromatic nitrogens is 4. The summed E-state index contributed by atoms with van der Waals surface area (Å²) in [6, 6.07) is 13.7. The van der Waals surface area contributed by atoms with Crippen LogP contribution in [0.5, 0.6) is 0 Å². The summed E-state index contributed by atoms with van der Waals surface area (Å²) in [4.78, 5) is 37.6. The molecule has 0 saturated heterocycles. The summed E-state index contributed by atoms with van der Waals surface area (Å²) in [5, 5.41) is 2.65. The van der Waals surface area contributed by atoms with Gasteiger partial charge in [0.05, 0.1) is 18.2 Å². The average Bonchev–Trinajstić information content (AvgIpc) is 3.16. The van der Waals surface area contributed by atoms with E-state index in [0.29, 0.717) is 45.4 Å². The molecule has 0 aliphatic carbocycles. The molecular formula is C24H24N6O4. The Hall–Kier alpha value is -4.47. The number of nitrogens with zero attached hydrogens (tertiary/aromatic N) is 4. The number of pyridine rings is 2. The van der Waals surface area contributed by atoms with Crippen molar-refractivity contribution in [2.24, 2.45) is 0 Å². The summed E-state index contributed by atoms with van der Waals surface area (Å²) >= 11 is 0. The zero-order valence-corrected chi connectivity index (χ0v) is 19.2. The van der Waals surface area contributed by atoms with Crippen molar-refractivity contribution in [2.45, 2.75) is 26.4 Å². The molecule has 174 valence electrons. The Bertz CT molecular complexity index is 1370. The lowest BCUT2D eigenvalue weighted by atomic mass is 10.2. The molecule has 0 aliphatic heterocycles. The van der Waals surface area contributed by atoms with E-state index in [2.05, 4.69) is 15.3 Å². The molecular weight excluding hydrogens is 436 g/mol. The van der Waals surface area contributed by atoms with Crippen molar-refractivity contribution in [3.63, 3.8) is 0 Å². The summed E-state index contributed by atoms with van der Waals surface area (Å²) < 4.78 is 11.9. The number of hydrogen-bond acceptors (Lipinski definition) is 8. The molecule has 3 N–H and O–H groups in total. The highest BCUT2D eigenvalue weighted by atomic mass is 16.6. The van der Waals surface area contributed by atoms with E-state index in [9.17, 15) is 9.59 Å². The van der Waals surface area contributed by atoms with Gasteiger partial charge >= 0.3 is 12.1 Å². The number of hydrogen-bond donors (Lipinski definition) is 2. The van der Waals surface area contributed by atoms with Crippen LogP contribution < -0.4 is 11.1 Å². The summed E-state index contributed by atoms with van der Waals surface area (Å²) in [5.41, 5.74) is 8.22. The van der Waals surface area contributed by atoms with Crippen LogP contribution in [0.15, 0.2) is 54.7 Å². The monoisotopic (exact) mass is 460 g/mol. The van der Waals surface area contributed by atoms with Crippen molar-refractivity contribution in [2.75, 3.05) is 18.2 Å². The minimum atomic E-state index is -0.650. The van der Waals surface area contributed by atoms with E-state index in [-0.39, 0.29) is 0 Å². The maximum Gasteiger partial charge on any atom is 0.413 e. The quantitative estimate of drug-likeness (QED) is 0.433. The molecule has 4 rings (SSSR count). The van der Waals surface area contributed by atoms with Gasteiger partial charge in [-0.05, 0) is 69.3 Å². The molecule has 3 heterocycles. The van der Waals surface area contributed by atoms with Gasteiger partial charge in [-0.2, -0.15) is 0 Å². The molecule has 0 saturated carbocycles. The van der Waals surface area contributed by atoms with Crippen molar-refractivity contribution in [1.82, 2.24) is 19.5 Å². The first-order chi connectivity index (χ1) is 16.2. The number of nitrogen functional groups attached to an aromatic ring is 1. The lowest BCUT2D eigenvalue weighted by molar-refractivity contribution is 0.0598. The number of esters is 1. The normalized spacial score (nSPS) is 11.3. The predicted octanol–water partition coefficient (Wildman–Crippen LogP) is 4.20. The highest BCUT2D eigenvalue weighted by Gasteiger charge is 2.20. The minimum Gasteiger partial charge on any atom is -0.465 e. The fourth-order valence-electron chi connectivity index (χ4n) is 3.33. The number of fused-ring (bicyclic) bond motifs is 1. The number of carbonyl (C=O) groups is 2. The molecule has 0 fully saturated rings. The highest BCUT2D eigenvalue weighted by Crippen LogP contribution is 2.31. The number of methoxy groups -OCH3 is 1. The molecule has 1 amide bonds. The average molecular weight is 460 g/mol. The van der Waals surface area contributed by atoms with E-state index >= 15 is 0 Å². The van der Waals surface area contributed by atoms with Crippen LogP contribution in [0.3, 0.4) is 0 Å². The maximum atomic E-state index is 12.3. The number of nitrogens with two attached hydrogens (primary N) is 1. The van der Waals surface area contributed by atoms with Crippen molar-refractivity contribution >= 4 is 34.9 Å². The molecule has 34 heavy (non-hydrogen) atoms. The number of nitrogens with one attached hydrogen (secondary N) is 1. The zero-order chi connectivity index (χ0) is 24.5. The summed E-state index contributed by atoms with van der Waals surface area (Å²) in [5.74, 6) is 0.659. The Labute approximate surface area is 195 Å². The Morgan fingerprint density at radius 2 is 1.76 bits per heavy atom. The third-order valence-electron chi connectivity index (χ3n) is 4.76. The smallest absolute Gasteiger partial charge is 0.413 e. The van der Waals surface area contributed by atoms with Gasteiger partial charge in [-0.25, -0.2) is 24.5 Å². The Kier molecular flexibility index (Phi) is 5.89. The van der Waals surface area contributed by atoms with Crippen molar-refractivity contribution in [3.05, 3.63) is 60.3 Å². The molecule has 0 unspecified atom stereocenters. The second kappa shape index (κ2) is 8.81. The van der Waals surface area contributed by atoms with Crippen LogP contribution >= 0.6 is 0 Å². The highest BCUT2D eigenvalue weighted by molar-refractivity contribution is 5.90. The van der Waals surface area contributed by atoms with Crippen LogP contribution in [0, 0.1) is 0 Å². The molecule has 0 atom stereocenters. The molecule has 0 aliphatic rings. The summed E-state index contributed by atoms with van der Waals surface area (Å²) in [6.45, 7) is 5.34. The zero-order valence-electron chi connectivity index (χ0n) is 19.2. The minimum absolute atomic E-state index is 0.291. The van der Waals surface area contributed by atoms with Gasteiger partial charge < -0.3 is 15.2 Å². The molecule has 1 aromatic carbocycles. The predicted molar refractivity (Wildman–Crippen MR) is 128 cm³/mol. The first kappa shape index (κ1) is 22.7. The fourth-order valence-corrected chi connectivity index (χ4v) is 3.33. The third kappa shape index (κ3) is 4.65. The van der Waals surface area contributed by atoms with Gasteiger partial charge in [-0.15, -0.1) is 0 Å². The van der Waals surface area contributed by atoms with Crippen LogP contribution in [0.2, 0.25) is 0 Å². The number of rotatable bonds is 4. The number of amides is 1. The van der Waals surface area contributed by atoms with Gasteiger partial charge in [0.1, 0.15) is 22.8 Å². The lowest BCUT2D eigenvalue weighted by Gasteiger charge is -2.19. The third-order valence-corrected chi connectivity index (χ3v) is 4.76. The second-order valence-electron chi connectivity index (χ2n) is 8.41. The van der Waals surface area contributed by atoms with Crippen LogP contribution in [0.4, 0.5) is 16.4 Å². The number of anilines is 2. The van der Waals surface area contributed by atoms with E-state index in [4.69, 9.17) is 20.2 Å². The largest absolute Gasteiger partial charge is 0.465 e. The molecule has 10 nitrogen and oxygen atoms in total. The Morgan fingerprint density at radius 1 is 1.03 bits per heavy atom. The van der Waals surface area contributed by atoms with E-state index < -0.39 is 17.7 Å². The van der Waals surface area contributed by atoms with Gasteiger partial charge in [0.25, 0.3) is 0 Å². The Morgan fingerprint density at radius 3 is 2.41 bits per heavy atom. The van der Waals surface area contributed by atoms with Gasteiger partial charge in [-0.1, -0.05) is 0 Å². The topological polar surface area (TPSA) is 134 Å². The van der Waals surface area contributed by atoms with Crippen LogP contribution in [0.1, 0.15) is 31.1 Å². The summed E-state index contributed by atoms with van der Waals surface area (Å²) in [7, 11) is 1.33. The summed E-state index contributed by atoms with van der Waals surface area (Å²) in [6.07, 6.45) is 0.975. The molecule has 3 aromatic heterocycles. The number of imidazole rings is 1. The van der Waals surface area contributed by atoms with Gasteiger partial charge in [0.2, 0.25) is 0 Å². The molecule has 4 aromatic rings. The first-order valence-electron chi connectivity index (χ1n) is 10.5. The molecule has 10 heteroatoms. The standard InChI is InChI=1S/C24H24N6O4/c1-24(2,3)34-23(32)29-18-12-11-17-21(28-18)30(15-9-7-14(8-10-15)22(31)33-4)20(27-17)16-6-5-13-26-19(16)25/h5-13H,1-4H3,(H2,25,26)(H,28,29,32). The van der Waals surface area contributed by atoms with Crippen molar-refractivity contribution in [1.29, 1.82) is 0 Å². The van der Waals surface area contributed by atoms with Crippen LogP contribution in [0.25, 0.3) is 28.2 Å². The first-order valence-corrected chi connectivity index (χ1v) is 10.5. The van der Waals surface area contributed by atoms with Crippen LogP contribution in [-0.2, 0) is 9.47 Å². The van der Waals surface area contributed by atoms with E-state index in [1.165, 1.54) is 7.11 Å². The van der Waals surface area contributed by atoms with E-state index in [0.717, 1.165) is 0 Å². The Balaban J connectivity index is 1.85. The van der Waals surface area contributed by atoms with Crippen molar-refractivity contribution < 1.29 is 19.1 Å². The van der Waals surface area contributed by atoms with Gasteiger partial charge in [0.15, 0.2) is 11.5 Å². The molecule has 0 bridgehead atoms. The van der Waals surface area contributed by atoms with Crippen LogP contribution in [-0.4, -0.2) is 44.3 Å². The fraction of sp³-hybridized carbons (Fsp3) is 0.208.